The Morgan fingerprint density at radius 2 is 1.83 bits per heavy atom. The van der Waals surface area contributed by atoms with Crippen molar-refractivity contribution in [3.05, 3.63) is 58.8 Å². The molecule has 1 aliphatic rings. The van der Waals surface area contributed by atoms with Gasteiger partial charge in [-0.3, -0.25) is 4.79 Å². The predicted octanol–water partition coefficient (Wildman–Crippen LogP) is 3.70. The Morgan fingerprint density at radius 1 is 1.13 bits per heavy atom. The second-order valence-corrected chi connectivity index (χ2v) is 6.66. The van der Waals surface area contributed by atoms with Gasteiger partial charge in [-0.05, 0) is 43.2 Å². The molecule has 1 aromatic carbocycles. The van der Waals surface area contributed by atoms with Crippen LogP contribution in [0.2, 0.25) is 0 Å². The summed E-state index contributed by atoms with van der Waals surface area (Å²) in [6.07, 6.45) is 3.96. The minimum atomic E-state index is -0.291. The van der Waals surface area contributed by atoms with Gasteiger partial charge in [0.1, 0.15) is 5.82 Å². The van der Waals surface area contributed by atoms with Crippen LogP contribution < -0.4 is 11.3 Å². The Labute approximate surface area is 136 Å². The topological polar surface area (TPSA) is 60.9 Å². The maximum Gasteiger partial charge on any atom is 0.250 e. The largest absolute Gasteiger partial charge is 0.375 e. The van der Waals surface area contributed by atoms with Crippen LogP contribution in [0.1, 0.15) is 18.9 Å². The molecule has 116 valence electrons. The first-order valence-corrected chi connectivity index (χ1v) is 8.18. The number of hydrogen-bond acceptors (Lipinski definition) is 4. The van der Waals surface area contributed by atoms with Crippen molar-refractivity contribution in [3.63, 3.8) is 0 Å². The molecule has 1 saturated carbocycles. The summed E-state index contributed by atoms with van der Waals surface area (Å²) in [6, 6.07) is 9.86. The number of hydrogen-bond donors (Lipinski definition) is 1. The summed E-state index contributed by atoms with van der Waals surface area (Å²) >= 11 is 1.37. The summed E-state index contributed by atoms with van der Waals surface area (Å²) in [5.74, 6) is -0.291. The van der Waals surface area contributed by atoms with Crippen molar-refractivity contribution < 1.29 is 4.39 Å². The Balaban J connectivity index is 1.85. The molecule has 0 spiro atoms. The fourth-order valence-electron chi connectivity index (χ4n) is 2.61. The minimum Gasteiger partial charge on any atom is -0.375 e. The number of nitrogens with zero attached hydrogens (tertiary/aromatic N) is 2. The highest BCUT2D eigenvalue weighted by Crippen LogP contribution is 2.39. The average Bonchev–Trinajstić information content (AvgIpc) is 3.31. The van der Waals surface area contributed by atoms with Crippen LogP contribution in [0, 0.1) is 5.82 Å². The third kappa shape index (κ3) is 2.66. The van der Waals surface area contributed by atoms with Gasteiger partial charge in [0.25, 0.3) is 5.56 Å². The molecule has 23 heavy (non-hydrogen) atoms. The zero-order valence-electron chi connectivity index (χ0n) is 12.2. The standard InChI is InChI=1S/C17H14FN3OS/c18-12-4-1-10(2-5-12)15-16(23-17(19)20-15)11-3-8-14(22)21(9-11)13-6-7-13/h1-5,8-9,13H,6-7H2,(H2,19,20). The number of benzene rings is 1. The van der Waals surface area contributed by atoms with Crippen molar-refractivity contribution in [3.8, 4) is 21.7 Å². The Bertz CT molecular complexity index is 926. The van der Waals surface area contributed by atoms with E-state index in [0.717, 1.165) is 28.8 Å². The summed E-state index contributed by atoms with van der Waals surface area (Å²) < 4.78 is 14.9. The number of thiazole rings is 1. The van der Waals surface area contributed by atoms with Crippen LogP contribution in [-0.4, -0.2) is 9.55 Å². The maximum absolute atomic E-state index is 13.1. The lowest BCUT2D eigenvalue weighted by Gasteiger charge is -2.07. The van der Waals surface area contributed by atoms with Crippen LogP contribution in [0.3, 0.4) is 0 Å². The van der Waals surface area contributed by atoms with Crippen molar-refractivity contribution in [1.82, 2.24) is 9.55 Å². The fraction of sp³-hybridized carbons (Fsp3) is 0.176. The van der Waals surface area contributed by atoms with E-state index in [1.165, 1.54) is 23.5 Å². The number of aromatic nitrogens is 2. The van der Waals surface area contributed by atoms with Gasteiger partial charge < -0.3 is 10.3 Å². The SMILES string of the molecule is Nc1nc(-c2ccc(F)cc2)c(-c2ccc(=O)n(C3CC3)c2)s1. The first-order valence-electron chi connectivity index (χ1n) is 7.36. The van der Waals surface area contributed by atoms with Crippen molar-refractivity contribution in [2.45, 2.75) is 18.9 Å². The molecule has 0 amide bonds. The van der Waals surface area contributed by atoms with E-state index in [0.29, 0.717) is 16.9 Å². The zero-order chi connectivity index (χ0) is 16.0. The zero-order valence-corrected chi connectivity index (χ0v) is 13.0. The van der Waals surface area contributed by atoms with E-state index in [4.69, 9.17) is 5.73 Å². The Hall–Kier alpha value is -2.47. The van der Waals surface area contributed by atoms with Gasteiger partial charge in [0, 0.05) is 29.4 Å². The minimum absolute atomic E-state index is 0.0112. The summed E-state index contributed by atoms with van der Waals surface area (Å²) in [4.78, 5) is 17.2. The highest BCUT2D eigenvalue weighted by Gasteiger charge is 2.25. The number of nitrogens with two attached hydrogens (primary N) is 1. The summed E-state index contributed by atoms with van der Waals surface area (Å²) in [6.45, 7) is 0. The molecule has 2 aromatic heterocycles. The van der Waals surface area contributed by atoms with E-state index < -0.39 is 0 Å². The van der Waals surface area contributed by atoms with E-state index in [9.17, 15) is 9.18 Å². The molecule has 0 unspecified atom stereocenters. The van der Waals surface area contributed by atoms with E-state index in [1.807, 2.05) is 6.20 Å². The molecule has 0 saturated heterocycles. The Kier molecular flexibility index (Phi) is 3.27. The lowest BCUT2D eigenvalue weighted by Crippen LogP contribution is -2.16. The van der Waals surface area contributed by atoms with Crippen molar-refractivity contribution in [2.75, 3.05) is 5.73 Å². The maximum atomic E-state index is 13.1. The number of rotatable bonds is 3. The smallest absolute Gasteiger partial charge is 0.250 e. The molecule has 0 atom stereocenters. The molecule has 4 nitrogen and oxygen atoms in total. The second kappa shape index (κ2) is 5.31. The summed E-state index contributed by atoms with van der Waals surface area (Å²) in [5, 5.41) is 0.448. The molecule has 0 bridgehead atoms. The van der Waals surface area contributed by atoms with Gasteiger partial charge >= 0.3 is 0 Å². The van der Waals surface area contributed by atoms with Crippen LogP contribution in [0.25, 0.3) is 21.7 Å². The van der Waals surface area contributed by atoms with Crippen LogP contribution in [0.5, 0.6) is 0 Å². The highest BCUT2D eigenvalue weighted by molar-refractivity contribution is 7.19. The van der Waals surface area contributed by atoms with Crippen molar-refractivity contribution in [2.24, 2.45) is 0 Å². The highest BCUT2D eigenvalue weighted by atomic mass is 32.1. The summed E-state index contributed by atoms with van der Waals surface area (Å²) in [7, 11) is 0. The lowest BCUT2D eigenvalue weighted by molar-refractivity contribution is 0.628. The van der Waals surface area contributed by atoms with E-state index >= 15 is 0 Å². The van der Waals surface area contributed by atoms with Gasteiger partial charge in [0.2, 0.25) is 0 Å². The lowest BCUT2D eigenvalue weighted by atomic mass is 10.1. The number of pyridine rings is 1. The first kappa shape index (κ1) is 14.1. The fourth-order valence-corrected chi connectivity index (χ4v) is 3.46. The molecule has 2 N–H and O–H groups in total. The van der Waals surface area contributed by atoms with Crippen molar-refractivity contribution >= 4 is 16.5 Å². The van der Waals surface area contributed by atoms with Crippen LogP contribution in [0.15, 0.2) is 47.4 Å². The Morgan fingerprint density at radius 3 is 2.52 bits per heavy atom. The van der Waals surface area contributed by atoms with Gasteiger partial charge in [-0.25, -0.2) is 9.37 Å². The number of anilines is 1. The van der Waals surface area contributed by atoms with Crippen LogP contribution in [-0.2, 0) is 0 Å². The van der Waals surface area contributed by atoms with E-state index in [-0.39, 0.29) is 11.4 Å². The molecule has 4 rings (SSSR count). The third-order valence-electron chi connectivity index (χ3n) is 3.90. The van der Waals surface area contributed by atoms with Crippen molar-refractivity contribution in [1.29, 1.82) is 0 Å². The molecular weight excluding hydrogens is 313 g/mol. The van der Waals surface area contributed by atoms with Gasteiger partial charge in [-0.1, -0.05) is 11.3 Å². The van der Waals surface area contributed by atoms with E-state index in [1.54, 1.807) is 28.8 Å². The van der Waals surface area contributed by atoms with Gasteiger partial charge in [-0.15, -0.1) is 0 Å². The van der Waals surface area contributed by atoms with Gasteiger partial charge in [-0.2, -0.15) is 0 Å². The molecule has 3 aromatic rings. The first-order chi connectivity index (χ1) is 11.1. The predicted molar refractivity (Wildman–Crippen MR) is 89.9 cm³/mol. The van der Waals surface area contributed by atoms with Crippen LogP contribution >= 0.6 is 11.3 Å². The number of nitrogen functional groups attached to an aromatic ring is 1. The quantitative estimate of drug-likeness (QED) is 0.798. The van der Waals surface area contributed by atoms with Gasteiger partial charge in [0.15, 0.2) is 5.13 Å². The second-order valence-electron chi connectivity index (χ2n) is 5.63. The normalized spacial score (nSPS) is 14.1. The molecule has 1 fully saturated rings. The molecule has 2 heterocycles. The molecule has 0 radical (unpaired) electrons. The average molecular weight is 327 g/mol. The molecular formula is C17H14FN3OS. The molecule has 1 aliphatic carbocycles. The van der Waals surface area contributed by atoms with Crippen LogP contribution in [0.4, 0.5) is 9.52 Å². The van der Waals surface area contributed by atoms with Gasteiger partial charge in [0.05, 0.1) is 10.6 Å². The monoisotopic (exact) mass is 327 g/mol. The molecule has 6 heteroatoms. The summed E-state index contributed by atoms with van der Waals surface area (Å²) in [5.41, 5.74) is 8.33. The van der Waals surface area contributed by atoms with E-state index in [2.05, 4.69) is 4.98 Å². The number of halogens is 1. The molecule has 0 aliphatic heterocycles. The third-order valence-corrected chi connectivity index (χ3v) is 4.84.